The molecule has 1 heterocycles. The standard InChI is InChI=1S/C17H15N3O2S/c1-12(21)20(18-11-13-6-4-3-5-7-13)17-19-15-9-8-14(22-2)10-16(15)23-17/h3-11H,1-2H3/b18-11-. The predicted molar refractivity (Wildman–Crippen MR) is 93.4 cm³/mol. The van der Waals surface area contributed by atoms with Crippen LogP contribution in [0.1, 0.15) is 12.5 Å². The third-order valence-electron chi connectivity index (χ3n) is 3.19. The first kappa shape index (κ1) is 15.2. The molecular weight excluding hydrogens is 310 g/mol. The first-order valence-corrected chi connectivity index (χ1v) is 7.83. The Kier molecular flexibility index (Phi) is 4.34. The minimum Gasteiger partial charge on any atom is -0.497 e. The van der Waals surface area contributed by atoms with E-state index in [0.29, 0.717) is 5.13 Å². The Labute approximate surface area is 137 Å². The van der Waals surface area contributed by atoms with Gasteiger partial charge in [0.2, 0.25) is 11.0 Å². The van der Waals surface area contributed by atoms with Crippen LogP contribution in [0.2, 0.25) is 0 Å². The fourth-order valence-corrected chi connectivity index (χ4v) is 3.04. The average molecular weight is 325 g/mol. The molecule has 116 valence electrons. The summed E-state index contributed by atoms with van der Waals surface area (Å²) >= 11 is 1.40. The van der Waals surface area contributed by atoms with Crippen molar-refractivity contribution in [2.24, 2.45) is 5.10 Å². The second-order valence-electron chi connectivity index (χ2n) is 4.82. The van der Waals surface area contributed by atoms with Crippen LogP contribution in [-0.4, -0.2) is 24.2 Å². The number of benzene rings is 2. The average Bonchev–Trinajstić information content (AvgIpc) is 2.98. The summed E-state index contributed by atoms with van der Waals surface area (Å²) in [6, 6.07) is 15.2. The van der Waals surface area contributed by atoms with Crippen LogP contribution < -0.4 is 9.75 Å². The monoisotopic (exact) mass is 325 g/mol. The van der Waals surface area contributed by atoms with Crippen molar-refractivity contribution in [1.29, 1.82) is 0 Å². The molecule has 3 rings (SSSR count). The lowest BCUT2D eigenvalue weighted by Crippen LogP contribution is -2.22. The summed E-state index contributed by atoms with van der Waals surface area (Å²) in [7, 11) is 1.62. The molecule has 0 unspecified atom stereocenters. The second-order valence-corrected chi connectivity index (χ2v) is 5.83. The van der Waals surface area contributed by atoms with Crippen molar-refractivity contribution in [2.45, 2.75) is 6.92 Å². The lowest BCUT2D eigenvalue weighted by Gasteiger charge is -2.10. The minimum absolute atomic E-state index is 0.191. The normalized spacial score (nSPS) is 11.0. The highest BCUT2D eigenvalue weighted by molar-refractivity contribution is 7.22. The molecule has 0 spiro atoms. The molecule has 5 nitrogen and oxygen atoms in total. The van der Waals surface area contributed by atoms with Gasteiger partial charge < -0.3 is 4.74 Å². The molecule has 0 aliphatic heterocycles. The van der Waals surface area contributed by atoms with E-state index in [2.05, 4.69) is 10.1 Å². The molecule has 0 aliphatic carbocycles. The molecule has 0 saturated heterocycles. The number of hydrogen-bond acceptors (Lipinski definition) is 5. The molecule has 0 aliphatic rings. The third-order valence-corrected chi connectivity index (χ3v) is 4.18. The van der Waals surface area contributed by atoms with Crippen LogP contribution in [0.3, 0.4) is 0 Å². The Balaban J connectivity index is 1.95. The zero-order valence-corrected chi connectivity index (χ0v) is 13.6. The minimum atomic E-state index is -0.191. The van der Waals surface area contributed by atoms with Gasteiger partial charge in [-0.15, -0.1) is 0 Å². The van der Waals surface area contributed by atoms with Crippen LogP contribution in [0.15, 0.2) is 53.6 Å². The molecule has 2 aromatic carbocycles. The summed E-state index contributed by atoms with van der Waals surface area (Å²) < 4.78 is 6.16. The summed E-state index contributed by atoms with van der Waals surface area (Å²) in [5, 5.41) is 6.12. The first-order valence-electron chi connectivity index (χ1n) is 7.01. The van der Waals surface area contributed by atoms with E-state index in [1.54, 1.807) is 13.3 Å². The van der Waals surface area contributed by atoms with E-state index in [1.807, 2.05) is 48.5 Å². The number of methoxy groups -OCH3 is 1. The van der Waals surface area contributed by atoms with Crippen LogP contribution in [0.25, 0.3) is 10.2 Å². The van der Waals surface area contributed by atoms with Crippen LogP contribution >= 0.6 is 11.3 Å². The number of amides is 1. The SMILES string of the molecule is COc1ccc2nc(N(/N=C\c3ccccc3)C(C)=O)sc2c1. The third kappa shape index (κ3) is 3.37. The highest BCUT2D eigenvalue weighted by Gasteiger charge is 2.15. The molecule has 1 aromatic heterocycles. The number of anilines is 1. The van der Waals surface area contributed by atoms with Crippen molar-refractivity contribution >= 4 is 38.8 Å². The maximum Gasteiger partial charge on any atom is 0.246 e. The maximum atomic E-state index is 11.9. The van der Waals surface area contributed by atoms with Gasteiger partial charge in [0.25, 0.3) is 0 Å². The van der Waals surface area contributed by atoms with Crippen molar-refractivity contribution in [3.05, 3.63) is 54.1 Å². The van der Waals surface area contributed by atoms with Gasteiger partial charge in [-0.1, -0.05) is 41.7 Å². The summed E-state index contributed by atoms with van der Waals surface area (Å²) in [5.74, 6) is 0.568. The van der Waals surface area contributed by atoms with Crippen molar-refractivity contribution in [3.8, 4) is 5.75 Å². The summed E-state index contributed by atoms with van der Waals surface area (Å²) in [4.78, 5) is 16.4. The number of fused-ring (bicyclic) bond motifs is 1. The van der Waals surface area contributed by atoms with Crippen LogP contribution in [-0.2, 0) is 4.79 Å². The van der Waals surface area contributed by atoms with Gasteiger partial charge in [0, 0.05) is 6.92 Å². The maximum absolute atomic E-state index is 11.9. The number of carbonyl (C=O) groups is 1. The van der Waals surface area contributed by atoms with Crippen LogP contribution in [0.5, 0.6) is 5.75 Å². The summed E-state index contributed by atoms with van der Waals surface area (Å²) in [5.41, 5.74) is 1.73. The van der Waals surface area contributed by atoms with Crippen molar-refractivity contribution < 1.29 is 9.53 Å². The topological polar surface area (TPSA) is 54.8 Å². The molecule has 6 heteroatoms. The Bertz CT molecular complexity index is 859. The Morgan fingerprint density at radius 1 is 1.26 bits per heavy atom. The van der Waals surface area contributed by atoms with Gasteiger partial charge in [0.15, 0.2) is 0 Å². The lowest BCUT2D eigenvalue weighted by atomic mass is 10.2. The van der Waals surface area contributed by atoms with E-state index in [0.717, 1.165) is 21.5 Å². The van der Waals surface area contributed by atoms with E-state index in [9.17, 15) is 4.79 Å². The number of hydrogen-bond donors (Lipinski definition) is 0. The number of nitrogens with zero attached hydrogens (tertiary/aromatic N) is 3. The Morgan fingerprint density at radius 3 is 2.74 bits per heavy atom. The lowest BCUT2D eigenvalue weighted by molar-refractivity contribution is -0.116. The number of ether oxygens (including phenoxy) is 1. The molecular formula is C17H15N3O2S. The summed E-state index contributed by atoms with van der Waals surface area (Å²) in [6.07, 6.45) is 1.65. The van der Waals surface area contributed by atoms with E-state index >= 15 is 0 Å². The number of hydrazone groups is 1. The molecule has 0 N–H and O–H groups in total. The zero-order valence-electron chi connectivity index (χ0n) is 12.8. The molecule has 3 aromatic rings. The Morgan fingerprint density at radius 2 is 2.04 bits per heavy atom. The fraction of sp³-hybridized carbons (Fsp3) is 0.118. The number of carbonyl (C=O) groups excluding carboxylic acids is 1. The smallest absolute Gasteiger partial charge is 0.246 e. The van der Waals surface area contributed by atoms with E-state index in [-0.39, 0.29) is 5.91 Å². The molecule has 0 bridgehead atoms. The highest BCUT2D eigenvalue weighted by atomic mass is 32.1. The van der Waals surface area contributed by atoms with E-state index < -0.39 is 0 Å². The number of thiazole rings is 1. The molecule has 0 radical (unpaired) electrons. The highest BCUT2D eigenvalue weighted by Crippen LogP contribution is 2.31. The molecule has 0 saturated carbocycles. The fourth-order valence-electron chi connectivity index (χ4n) is 2.04. The predicted octanol–water partition coefficient (Wildman–Crippen LogP) is 3.69. The molecule has 0 atom stereocenters. The van der Waals surface area contributed by atoms with Gasteiger partial charge in [0.05, 0.1) is 23.5 Å². The molecule has 23 heavy (non-hydrogen) atoms. The van der Waals surface area contributed by atoms with Gasteiger partial charge in [0.1, 0.15) is 5.75 Å². The first-order chi connectivity index (χ1) is 11.2. The van der Waals surface area contributed by atoms with E-state index in [4.69, 9.17) is 4.74 Å². The van der Waals surface area contributed by atoms with Crippen LogP contribution in [0, 0.1) is 0 Å². The Hall–Kier alpha value is -2.73. The van der Waals surface area contributed by atoms with Crippen molar-refractivity contribution in [1.82, 2.24) is 4.98 Å². The van der Waals surface area contributed by atoms with Gasteiger partial charge in [-0.05, 0) is 23.8 Å². The van der Waals surface area contributed by atoms with Gasteiger partial charge in [-0.3, -0.25) is 4.79 Å². The van der Waals surface area contributed by atoms with Gasteiger partial charge in [-0.25, -0.2) is 4.98 Å². The number of aromatic nitrogens is 1. The van der Waals surface area contributed by atoms with Crippen LogP contribution in [0.4, 0.5) is 5.13 Å². The second kappa shape index (κ2) is 6.58. The summed E-state index contributed by atoms with van der Waals surface area (Å²) in [6.45, 7) is 1.47. The molecule has 1 amide bonds. The van der Waals surface area contributed by atoms with Gasteiger partial charge in [-0.2, -0.15) is 10.1 Å². The number of rotatable bonds is 4. The van der Waals surface area contributed by atoms with E-state index in [1.165, 1.54) is 23.3 Å². The molecule has 0 fully saturated rings. The van der Waals surface area contributed by atoms with Crippen molar-refractivity contribution in [2.75, 3.05) is 12.1 Å². The zero-order chi connectivity index (χ0) is 16.2. The quantitative estimate of drug-likeness (QED) is 0.543. The largest absolute Gasteiger partial charge is 0.497 e. The van der Waals surface area contributed by atoms with Crippen molar-refractivity contribution in [3.63, 3.8) is 0 Å². The van der Waals surface area contributed by atoms with Gasteiger partial charge >= 0.3 is 0 Å².